The third-order valence-corrected chi connectivity index (χ3v) is 0.116. The fourth-order valence-electron chi connectivity index (χ4n) is 0.0278. The standard InChI is InChI=1S/C3H2O2/c1-2-3-5-4/h1,3H. The van der Waals surface area contributed by atoms with E-state index in [0.717, 1.165) is 6.29 Å². The molecule has 0 aliphatic carbocycles. The minimum Gasteiger partial charge on any atom is -0.462 e. The van der Waals surface area contributed by atoms with Gasteiger partial charge in [0.1, 0.15) is 0 Å². The maximum atomic E-state index is 8.83. The molecule has 0 saturated heterocycles. The normalized spacial score (nSPS) is 7.80. The Hall–Kier alpha value is -0.970. The average molecular weight is 70.0 g/mol. The Bertz CT molecular complexity index is 67.5. The first-order valence-electron chi connectivity index (χ1n) is 0.980. The van der Waals surface area contributed by atoms with Crippen LogP contribution in [0.1, 0.15) is 0 Å². The van der Waals surface area contributed by atoms with Crippen LogP contribution < -0.4 is 5.26 Å². The van der Waals surface area contributed by atoms with E-state index in [1.807, 2.05) is 5.92 Å². The highest BCUT2D eigenvalue weighted by atomic mass is 17.1. The third kappa shape index (κ3) is 3.03. The number of carbonyl (C=O) groups excluding carboxylic acids is 1. The van der Waals surface area contributed by atoms with E-state index in [1.54, 1.807) is 0 Å². The van der Waals surface area contributed by atoms with E-state index in [1.165, 1.54) is 0 Å². The van der Waals surface area contributed by atoms with Gasteiger partial charge in [0.25, 0.3) is 0 Å². The summed E-state index contributed by atoms with van der Waals surface area (Å²) in [7, 11) is 0. The van der Waals surface area contributed by atoms with Crippen molar-refractivity contribution in [2.24, 2.45) is 0 Å². The Morgan fingerprint density at radius 3 is 2.60 bits per heavy atom. The molecular weight excluding hydrogens is 68.0 g/mol. The van der Waals surface area contributed by atoms with Crippen LogP contribution in [0.4, 0.5) is 0 Å². The van der Waals surface area contributed by atoms with Gasteiger partial charge in [-0.3, -0.25) is 0 Å². The molecule has 2 heteroatoms. The molecule has 0 saturated carbocycles. The summed E-state index contributed by atoms with van der Waals surface area (Å²) in [6, 6.07) is 0. The molecule has 0 atom stereocenters. The second kappa shape index (κ2) is 3.03. The van der Waals surface area contributed by atoms with Crippen molar-refractivity contribution in [2.75, 3.05) is 0 Å². The van der Waals surface area contributed by atoms with Gasteiger partial charge in [-0.15, -0.1) is 6.42 Å². The van der Waals surface area contributed by atoms with Crippen molar-refractivity contribution in [1.29, 1.82) is 0 Å². The van der Waals surface area contributed by atoms with Crippen molar-refractivity contribution in [3.63, 3.8) is 0 Å². The van der Waals surface area contributed by atoms with Crippen LogP contribution in [0, 0.1) is 12.3 Å². The third-order valence-electron chi connectivity index (χ3n) is 0.116. The minimum atomic E-state index is 0.722. The van der Waals surface area contributed by atoms with Crippen LogP contribution in [0.15, 0.2) is 0 Å². The van der Waals surface area contributed by atoms with Gasteiger partial charge in [-0.05, 0) is 0 Å². The topological polar surface area (TPSA) is 34.4 Å². The summed E-state index contributed by atoms with van der Waals surface area (Å²) in [4.78, 5) is 0. The van der Waals surface area contributed by atoms with E-state index < -0.39 is 0 Å². The van der Waals surface area contributed by atoms with E-state index in [2.05, 4.69) is 11.0 Å². The zero-order chi connectivity index (χ0) is 4.12. The molecule has 0 aromatic carbocycles. The molecule has 0 fully saturated rings. The molecule has 0 aliphatic heterocycles. The van der Waals surface area contributed by atoms with Crippen molar-refractivity contribution in [2.45, 2.75) is 0 Å². The number of terminal acetylenes is 1. The van der Waals surface area contributed by atoms with E-state index in [9.17, 15) is 0 Å². The summed E-state index contributed by atoms with van der Waals surface area (Å²) in [5.74, 6) is 1.86. The van der Waals surface area contributed by atoms with E-state index in [-0.39, 0.29) is 0 Å². The summed E-state index contributed by atoms with van der Waals surface area (Å²) in [5.41, 5.74) is 0. The highest BCUT2D eigenvalue weighted by molar-refractivity contribution is 5.71. The van der Waals surface area contributed by atoms with Gasteiger partial charge in [0, 0.05) is 5.92 Å². The molecule has 0 aliphatic rings. The Kier molecular flexibility index (Phi) is 2.44. The fraction of sp³-hybridized carbons (Fsp3) is 0. The van der Waals surface area contributed by atoms with Gasteiger partial charge in [0.05, 0.1) is 0 Å². The molecule has 0 bridgehead atoms. The smallest absolute Gasteiger partial charge is 0.391 e. The highest BCUT2D eigenvalue weighted by Gasteiger charge is 1.56. The van der Waals surface area contributed by atoms with Gasteiger partial charge in [0.15, 0.2) is 0 Å². The zero-order valence-electron chi connectivity index (χ0n) is 2.47. The lowest BCUT2D eigenvalue weighted by molar-refractivity contribution is -1.04. The van der Waals surface area contributed by atoms with Crippen LogP contribution in [0.5, 0.6) is 0 Å². The van der Waals surface area contributed by atoms with Gasteiger partial charge in [-0.2, -0.15) is 4.58 Å². The van der Waals surface area contributed by atoms with Gasteiger partial charge >= 0.3 is 6.29 Å². The number of hydrogen-bond donors (Lipinski definition) is 0. The number of rotatable bonds is 0. The zero-order valence-corrected chi connectivity index (χ0v) is 2.47. The first-order chi connectivity index (χ1) is 2.41. The van der Waals surface area contributed by atoms with Gasteiger partial charge in [-0.1, -0.05) is 0 Å². The van der Waals surface area contributed by atoms with Gasteiger partial charge in [-0.25, -0.2) is 0 Å². The second-order valence-electron chi connectivity index (χ2n) is 0.381. The molecule has 0 heterocycles. The summed E-state index contributed by atoms with van der Waals surface area (Å²) >= 11 is 0. The van der Waals surface area contributed by atoms with Crippen molar-refractivity contribution >= 4 is 6.29 Å². The largest absolute Gasteiger partial charge is 0.462 e. The molecule has 0 aromatic heterocycles. The van der Waals surface area contributed by atoms with Crippen LogP contribution in [-0.2, 0) is 4.58 Å². The Labute approximate surface area is 29.7 Å². The summed E-state index contributed by atoms with van der Waals surface area (Å²) < 4.78 is 3.08. The number of aldehydes is 1. The fourth-order valence-corrected chi connectivity index (χ4v) is 0.0278. The van der Waals surface area contributed by atoms with E-state index >= 15 is 0 Å². The maximum Gasteiger partial charge on any atom is 0.391 e. The molecule has 0 aromatic rings. The SMILES string of the molecule is C#CC=[O+][O-]. The molecule has 0 spiro atoms. The molecule has 0 amide bonds. The quantitative estimate of drug-likeness (QED) is 0.114. The Morgan fingerprint density at radius 2 is 2.60 bits per heavy atom. The molecule has 26 valence electrons. The van der Waals surface area contributed by atoms with E-state index in [4.69, 9.17) is 5.26 Å². The lowest BCUT2D eigenvalue weighted by Crippen LogP contribution is -1.94. The maximum absolute atomic E-state index is 8.83. The van der Waals surface area contributed by atoms with Gasteiger partial charge < -0.3 is 5.26 Å². The Morgan fingerprint density at radius 1 is 2.00 bits per heavy atom. The van der Waals surface area contributed by atoms with Crippen LogP contribution >= 0.6 is 0 Å². The lowest BCUT2D eigenvalue weighted by atomic mass is 10.8. The highest BCUT2D eigenvalue weighted by Crippen LogP contribution is 1.25. The monoisotopic (exact) mass is 70.0 g/mol. The molecule has 0 N–H and O–H groups in total. The lowest BCUT2D eigenvalue weighted by Gasteiger charge is -1.53. The first-order valence-corrected chi connectivity index (χ1v) is 0.980. The van der Waals surface area contributed by atoms with Crippen molar-refractivity contribution in [3.05, 3.63) is 0 Å². The van der Waals surface area contributed by atoms with Crippen molar-refractivity contribution in [3.8, 4) is 12.3 Å². The van der Waals surface area contributed by atoms with Crippen molar-refractivity contribution < 1.29 is 9.83 Å². The van der Waals surface area contributed by atoms with Crippen LogP contribution in [0.25, 0.3) is 0 Å². The predicted octanol–water partition coefficient (Wildman–Crippen LogP) is -1.37. The molecule has 2 nitrogen and oxygen atoms in total. The molecule has 0 radical (unpaired) electrons. The van der Waals surface area contributed by atoms with Gasteiger partial charge in [0.2, 0.25) is 0 Å². The molecule has 0 rings (SSSR count). The second-order valence-corrected chi connectivity index (χ2v) is 0.381. The summed E-state index contributed by atoms with van der Waals surface area (Å²) in [5, 5.41) is 8.83. The summed E-state index contributed by atoms with van der Waals surface area (Å²) in [6.45, 7) is 0. The molecule has 5 heavy (non-hydrogen) atoms. The Balaban J connectivity index is 3.04. The molecular formula is C3H2O2. The summed E-state index contributed by atoms with van der Waals surface area (Å²) in [6.07, 6.45) is 5.23. The minimum absolute atomic E-state index is 0.722. The first kappa shape index (κ1) is 4.03. The molecule has 0 unspecified atom stereocenters. The average Bonchev–Trinajstić information content (AvgIpc) is 1.41. The van der Waals surface area contributed by atoms with E-state index in [0.29, 0.717) is 0 Å². The number of hydrogen-bond acceptors (Lipinski definition) is 1. The predicted molar refractivity (Wildman–Crippen MR) is 14.9 cm³/mol. The van der Waals surface area contributed by atoms with Crippen LogP contribution in [-0.4, -0.2) is 6.29 Å². The van der Waals surface area contributed by atoms with Crippen LogP contribution in [0.3, 0.4) is 0 Å². The van der Waals surface area contributed by atoms with Crippen LogP contribution in [0.2, 0.25) is 0 Å². The van der Waals surface area contributed by atoms with Crippen molar-refractivity contribution in [1.82, 2.24) is 0 Å².